The zero-order chi connectivity index (χ0) is 48.0. The summed E-state index contributed by atoms with van der Waals surface area (Å²) in [6.07, 6.45) is 76.0. The summed E-state index contributed by atoms with van der Waals surface area (Å²) < 4.78 is 33.5. The van der Waals surface area contributed by atoms with E-state index in [1.165, 1.54) is 19.3 Å². The van der Waals surface area contributed by atoms with E-state index in [-0.39, 0.29) is 38.8 Å². The van der Waals surface area contributed by atoms with Crippen molar-refractivity contribution in [3.63, 3.8) is 0 Å². The van der Waals surface area contributed by atoms with Gasteiger partial charge in [0.15, 0.2) is 0 Å². The van der Waals surface area contributed by atoms with Gasteiger partial charge in [-0.25, -0.2) is 4.57 Å². The molecule has 0 aromatic rings. The van der Waals surface area contributed by atoms with E-state index in [9.17, 15) is 14.3 Å². The third kappa shape index (κ3) is 51.4. The number of rotatable bonds is 46. The largest absolute Gasteiger partial charge is 0.472 e. The Balaban J connectivity index is 4.13. The summed E-state index contributed by atoms with van der Waals surface area (Å²) in [4.78, 5) is 22.6. The molecule has 0 rings (SSSR count). The fraction of sp³-hybridized carbons (Fsp3) is 0.561. The molecule has 372 valence electrons. The number of carbonyl (C=O) groups is 1. The zero-order valence-corrected chi connectivity index (χ0v) is 42.3. The topological polar surface area (TPSA) is 117 Å². The van der Waals surface area contributed by atoms with E-state index in [0.717, 1.165) is 128 Å². The highest BCUT2D eigenvalue weighted by molar-refractivity contribution is 7.47. The van der Waals surface area contributed by atoms with E-state index in [2.05, 4.69) is 160 Å². The minimum Gasteiger partial charge on any atom is -0.457 e. The molecule has 8 nitrogen and oxygen atoms in total. The molecule has 0 amide bonds. The van der Waals surface area contributed by atoms with Gasteiger partial charge in [-0.2, -0.15) is 0 Å². The average Bonchev–Trinajstić information content (AvgIpc) is 3.31. The minimum atomic E-state index is -4.31. The third-order valence-corrected chi connectivity index (χ3v) is 10.7. The van der Waals surface area contributed by atoms with E-state index in [1.54, 1.807) is 0 Å². The molecule has 0 fully saturated rings. The predicted octanol–water partition coefficient (Wildman–Crippen LogP) is 16.1. The van der Waals surface area contributed by atoms with Gasteiger partial charge >= 0.3 is 13.8 Å². The van der Waals surface area contributed by atoms with Crippen LogP contribution in [0.5, 0.6) is 0 Å². The molecule has 0 aliphatic carbocycles. The Labute approximate surface area is 403 Å². The van der Waals surface area contributed by atoms with Crippen molar-refractivity contribution in [3.05, 3.63) is 146 Å². The fourth-order valence-electron chi connectivity index (χ4n) is 6.12. The smallest absolute Gasteiger partial charge is 0.457 e. The summed E-state index contributed by atoms with van der Waals surface area (Å²) in [5.41, 5.74) is 5.38. The molecule has 0 bridgehead atoms. The second-order valence-corrected chi connectivity index (χ2v) is 17.4. The minimum absolute atomic E-state index is 0.0702. The molecule has 0 aliphatic heterocycles. The van der Waals surface area contributed by atoms with Gasteiger partial charge in [-0.05, 0) is 116 Å². The number of unbranched alkanes of at least 4 members (excludes halogenated alkanes) is 9. The van der Waals surface area contributed by atoms with Crippen LogP contribution in [0.4, 0.5) is 0 Å². The van der Waals surface area contributed by atoms with Crippen LogP contribution >= 0.6 is 7.82 Å². The fourth-order valence-corrected chi connectivity index (χ4v) is 6.88. The normalized spacial score (nSPS) is 14.5. The Kier molecular flexibility index (Phi) is 49.5. The van der Waals surface area contributed by atoms with Crippen LogP contribution in [0.3, 0.4) is 0 Å². The van der Waals surface area contributed by atoms with Crippen molar-refractivity contribution in [2.24, 2.45) is 5.73 Å². The first kappa shape index (κ1) is 62.4. The maximum atomic E-state index is 12.7. The van der Waals surface area contributed by atoms with Gasteiger partial charge in [0.1, 0.15) is 6.10 Å². The van der Waals surface area contributed by atoms with Crippen molar-refractivity contribution in [3.8, 4) is 0 Å². The molecule has 0 radical (unpaired) electrons. The van der Waals surface area contributed by atoms with E-state index < -0.39 is 13.9 Å². The molecule has 0 heterocycles. The first-order valence-corrected chi connectivity index (χ1v) is 26.8. The quantitative estimate of drug-likeness (QED) is 0.0268. The second kappa shape index (κ2) is 52.4. The van der Waals surface area contributed by atoms with Crippen LogP contribution in [-0.4, -0.2) is 49.9 Å². The Bertz CT molecular complexity index is 1510. The summed E-state index contributed by atoms with van der Waals surface area (Å²) in [5.74, 6) is -0.364. The van der Waals surface area contributed by atoms with Crippen LogP contribution in [0.25, 0.3) is 0 Å². The lowest BCUT2D eigenvalue weighted by Crippen LogP contribution is -2.28. The van der Waals surface area contributed by atoms with Crippen LogP contribution in [-0.2, 0) is 27.9 Å². The van der Waals surface area contributed by atoms with Gasteiger partial charge in [0, 0.05) is 19.6 Å². The SMILES string of the molecule is CC/C=C\C/C=C\C/C=C\C/C=C\C/C=C\C/C=C\C/C=C\CCCCOCC(COP(=O)(O)OCCN)OC(=O)CCCCCCCCC/C=C\C/C=C\C/C=C\C/C=C\C/C=C\CC. The molecular weight excluding hydrogens is 842 g/mol. The molecule has 9 heteroatoms. The Morgan fingerprint density at radius 1 is 0.455 bits per heavy atom. The van der Waals surface area contributed by atoms with Crippen LogP contribution in [0.1, 0.15) is 168 Å². The van der Waals surface area contributed by atoms with Gasteiger partial charge in [-0.15, -0.1) is 0 Å². The van der Waals surface area contributed by atoms with E-state index >= 15 is 0 Å². The first-order valence-electron chi connectivity index (χ1n) is 25.3. The first-order chi connectivity index (χ1) is 32.4. The summed E-state index contributed by atoms with van der Waals surface area (Å²) in [5, 5.41) is 0. The van der Waals surface area contributed by atoms with Crippen LogP contribution in [0, 0.1) is 0 Å². The predicted molar refractivity (Wildman–Crippen MR) is 283 cm³/mol. The monoisotopic (exact) mass is 934 g/mol. The summed E-state index contributed by atoms with van der Waals surface area (Å²) in [7, 11) is -4.31. The third-order valence-electron chi connectivity index (χ3n) is 9.75. The molecule has 2 unspecified atom stereocenters. The summed E-state index contributed by atoms with van der Waals surface area (Å²) in [6.45, 7) is 4.52. The molecule has 0 aliphatic rings. The molecule has 0 saturated heterocycles. The van der Waals surface area contributed by atoms with Crippen molar-refractivity contribution < 1.29 is 32.8 Å². The van der Waals surface area contributed by atoms with E-state index in [1.807, 2.05) is 0 Å². The number of ether oxygens (including phenoxy) is 2. The van der Waals surface area contributed by atoms with E-state index in [0.29, 0.717) is 6.61 Å². The van der Waals surface area contributed by atoms with Crippen molar-refractivity contribution in [1.29, 1.82) is 0 Å². The number of hydrogen-bond acceptors (Lipinski definition) is 7. The van der Waals surface area contributed by atoms with Gasteiger partial charge in [0.25, 0.3) is 0 Å². The maximum absolute atomic E-state index is 12.7. The highest BCUT2D eigenvalue weighted by Crippen LogP contribution is 2.43. The standard InChI is InChI=1S/C57H92NO7P/c1-3-5-7-9-11-13-15-17-19-21-23-25-27-29-31-33-35-37-39-41-43-45-47-49-52-62-54-56(55-64-66(60,61)63-53-51-58)65-57(59)50-48-46-44-42-40-38-36-34-32-30-28-26-24-22-20-18-16-14-12-10-8-6-4-2/h5-8,11-14,17-20,23-26,29-32,35,37,41,43,56H,3-4,9-10,15-16,21-22,27-28,33-34,36,38-40,42,44-55,58H2,1-2H3,(H,60,61)/b7-5-,8-6-,13-11-,14-12-,19-17-,20-18-,25-23-,26-24-,31-29-,32-30-,37-35-,43-41-. The Morgan fingerprint density at radius 3 is 1.20 bits per heavy atom. The number of nitrogens with two attached hydrogens (primary N) is 1. The van der Waals surface area contributed by atoms with Crippen molar-refractivity contribution in [2.45, 2.75) is 174 Å². The maximum Gasteiger partial charge on any atom is 0.472 e. The number of phosphoric acid groups is 1. The van der Waals surface area contributed by atoms with E-state index in [4.69, 9.17) is 24.3 Å². The molecule has 0 aromatic heterocycles. The Hall–Kier alpha value is -3.62. The molecule has 0 saturated carbocycles. The van der Waals surface area contributed by atoms with Crippen molar-refractivity contribution in [2.75, 3.05) is 33.0 Å². The number of carbonyl (C=O) groups excluding carboxylic acids is 1. The van der Waals surface area contributed by atoms with Crippen LogP contribution in [0.15, 0.2) is 146 Å². The Morgan fingerprint density at radius 2 is 0.803 bits per heavy atom. The molecule has 3 N–H and O–H groups in total. The summed E-state index contributed by atoms with van der Waals surface area (Å²) >= 11 is 0. The number of allylic oxidation sites excluding steroid dienone is 24. The molecule has 2 atom stereocenters. The number of hydrogen-bond donors (Lipinski definition) is 2. The highest BCUT2D eigenvalue weighted by Gasteiger charge is 2.25. The highest BCUT2D eigenvalue weighted by atomic mass is 31.2. The van der Waals surface area contributed by atoms with Crippen molar-refractivity contribution >= 4 is 13.8 Å². The molecule has 66 heavy (non-hydrogen) atoms. The number of esters is 1. The lowest BCUT2D eigenvalue weighted by molar-refractivity contribution is -0.154. The molecule has 0 spiro atoms. The van der Waals surface area contributed by atoms with Crippen LogP contribution in [0.2, 0.25) is 0 Å². The second-order valence-electron chi connectivity index (χ2n) is 15.9. The van der Waals surface area contributed by atoms with Gasteiger partial charge in [0.05, 0.1) is 19.8 Å². The van der Waals surface area contributed by atoms with Gasteiger partial charge in [-0.1, -0.05) is 192 Å². The van der Waals surface area contributed by atoms with Gasteiger partial charge < -0.3 is 20.1 Å². The molecular formula is C57H92NO7P. The van der Waals surface area contributed by atoms with Crippen LogP contribution < -0.4 is 5.73 Å². The van der Waals surface area contributed by atoms with Crippen molar-refractivity contribution in [1.82, 2.24) is 0 Å². The lowest BCUT2D eigenvalue weighted by Gasteiger charge is -2.20. The zero-order valence-electron chi connectivity index (χ0n) is 41.4. The molecule has 0 aromatic carbocycles. The van der Waals surface area contributed by atoms with Gasteiger partial charge in [-0.3, -0.25) is 13.8 Å². The number of phosphoric ester groups is 1. The summed E-state index contributed by atoms with van der Waals surface area (Å²) in [6, 6.07) is 0. The lowest BCUT2D eigenvalue weighted by atomic mass is 10.1. The average molecular weight is 934 g/mol. The van der Waals surface area contributed by atoms with Gasteiger partial charge in [0.2, 0.25) is 0 Å².